The van der Waals surface area contributed by atoms with Crippen molar-refractivity contribution in [2.24, 2.45) is 11.0 Å². The van der Waals surface area contributed by atoms with E-state index in [-0.39, 0.29) is 28.9 Å². The lowest BCUT2D eigenvalue weighted by atomic mass is 9.86. The van der Waals surface area contributed by atoms with Crippen LogP contribution in [0.3, 0.4) is 0 Å². The highest BCUT2D eigenvalue weighted by Gasteiger charge is 2.43. The summed E-state index contributed by atoms with van der Waals surface area (Å²) in [6.07, 6.45) is 2.45. The van der Waals surface area contributed by atoms with Gasteiger partial charge in [0.05, 0.1) is 6.21 Å². The van der Waals surface area contributed by atoms with Crippen molar-refractivity contribution in [3.63, 3.8) is 0 Å². The van der Waals surface area contributed by atoms with E-state index in [1.807, 2.05) is 0 Å². The molecule has 1 fully saturated rings. The average Bonchev–Trinajstić information content (AvgIpc) is 3.37. The summed E-state index contributed by atoms with van der Waals surface area (Å²) in [5.41, 5.74) is 6.09. The van der Waals surface area contributed by atoms with Gasteiger partial charge in [-0.1, -0.05) is 45.0 Å². The molecule has 3 rings (SSSR count). The van der Waals surface area contributed by atoms with Gasteiger partial charge in [0.25, 0.3) is 0 Å². The Morgan fingerprint density at radius 3 is 2.36 bits per heavy atom. The van der Waals surface area contributed by atoms with Gasteiger partial charge in [-0.3, -0.25) is 4.79 Å². The molecule has 0 aromatic heterocycles. The van der Waals surface area contributed by atoms with Crippen LogP contribution in [0.15, 0.2) is 53.6 Å². The Balaban J connectivity index is 1.54. The fourth-order valence-corrected chi connectivity index (χ4v) is 2.90. The molecular weight excluding hydrogens is 312 g/mol. The summed E-state index contributed by atoms with van der Waals surface area (Å²) >= 11 is 0. The molecule has 1 aliphatic rings. The van der Waals surface area contributed by atoms with E-state index in [1.165, 1.54) is 11.1 Å². The zero-order valence-electron chi connectivity index (χ0n) is 14.9. The number of hydrazone groups is 1. The van der Waals surface area contributed by atoms with Crippen LogP contribution in [0.25, 0.3) is 0 Å². The second-order valence-corrected chi connectivity index (χ2v) is 7.65. The van der Waals surface area contributed by atoms with Crippen LogP contribution in [-0.2, 0) is 10.2 Å². The highest BCUT2D eigenvalue weighted by molar-refractivity contribution is 5.85. The number of hydrogen-bond acceptors (Lipinski definition) is 3. The minimum Gasteiger partial charge on any atom is -0.508 e. The molecule has 0 aliphatic heterocycles. The third-order valence-corrected chi connectivity index (χ3v) is 4.61. The first-order valence-electron chi connectivity index (χ1n) is 8.57. The van der Waals surface area contributed by atoms with Gasteiger partial charge in [0, 0.05) is 5.92 Å². The number of amides is 1. The Morgan fingerprint density at radius 1 is 1.12 bits per heavy atom. The molecule has 4 nitrogen and oxygen atoms in total. The summed E-state index contributed by atoms with van der Waals surface area (Å²) in [6.45, 7) is 6.59. The Kier molecular flexibility index (Phi) is 4.62. The first-order valence-corrected chi connectivity index (χ1v) is 8.57. The fourth-order valence-electron chi connectivity index (χ4n) is 2.90. The van der Waals surface area contributed by atoms with Gasteiger partial charge >= 0.3 is 0 Å². The summed E-state index contributed by atoms with van der Waals surface area (Å²) in [4.78, 5) is 12.2. The molecule has 1 aliphatic carbocycles. The number of nitrogens with zero attached hydrogens (tertiary/aromatic N) is 1. The van der Waals surface area contributed by atoms with Crippen LogP contribution in [0.1, 0.15) is 49.8 Å². The number of aromatic hydroxyl groups is 1. The van der Waals surface area contributed by atoms with Gasteiger partial charge in [-0.25, -0.2) is 5.43 Å². The number of carbonyl (C=O) groups excluding carboxylic acids is 1. The molecule has 2 aromatic rings. The number of nitrogens with one attached hydrogen (secondary N) is 1. The predicted molar refractivity (Wildman–Crippen MR) is 99.8 cm³/mol. The maximum Gasteiger partial charge on any atom is 0.243 e. The Hall–Kier alpha value is -2.62. The molecule has 0 radical (unpaired) electrons. The van der Waals surface area contributed by atoms with Gasteiger partial charge in [-0.15, -0.1) is 0 Å². The second kappa shape index (κ2) is 6.71. The van der Waals surface area contributed by atoms with Crippen LogP contribution in [0.5, 0.6) is 5.75 Å². The van der Waals surface area contributed by atoms with E-state index in [2.05, 4.69) is 55.6 Å². The number of carbonyl (C=O) groups is 1. The van der Waals surface area contributed by atoms with Gasteiger partial charge in [0.15, 0.2) is 0 Å². The number of phenolic OH excluding ortho intramolecular Hbond substituents is 1. The molecule has 2 N–H and O–H groups in total. The summed E-state index contributed by atoms with van der Waals surface area (Å²) < 4.78 is 0. The molecule has 0 heterocycles. The van der Waals surface area contributed by atoms with Gasteiger partial charge in [0.1, 0.15) is 5.75 Å². The molecule has 0 spiro atoms. The van der Waals surface area contributed by atoms with E-state index in [1.54, 1.807) is 30.5 Å². The summed E-state index contributed by atoms with van der Waals surface area (Å²) in [7, 11) is 0. The van der Waals surface area contributed by atoms with Crippen LogP contribution in [0, 0.1) is 5.92 Å². The maximum absolute atomic E-state index is 12.2. The Morgan fingerprint density at radius 2 is 1.76 bits per heavy atom. The first kappa shape index (κ1) is 17.2. The van der Waals surface area contributed by atoms with E-state index < -0.39 is 0 Å². The molecule has 130 valence electrons. The molecule has 2 aromatic carbocycles. The summed E-state index contributed by atoms with van der Waals surface area (Å²) in [5, 5.41) is 13.2. The lowest BCUT2D eigenvalue weighted by molar-refractivity contribution is -0.122. The zero-order valence-corrected chi connectivity index (χ0v) is 14.9. The molecule has 0 saturated heterocycles. The highest BCUT2D eigenvalue weighted by Crippen LogP contribution is 2.47. The molecular formula is C21H24N2O2. The largest absolute Gasteiger partial charge is 0.508 e. The van der Waals surface area contributed by atoms with Crippen molar-refractivity contribution in [2.45, 2.75) is 38.5 Å². The van der Waals surface area contributed by atoms with Crippen molar-refractivity contribution in [1.82, 2.24) is 5.43 Å². The predicted octanol–water partition coefficient (Wildman–Crippen LogP) is 3.94. The van der Waals surface area contributed by atoms with Crippen molar-refractivity contribution in [1.29, 1.82) is 0 Å². The molecule has 4 heteroatoms. The van der Waals surface area contributed by atoms with E-state index in [0.29, 0.717) is 0 Å². The van der Waals surface area contributed by atoms with E-state index in [4.69, 9.17) is 0 Å². The average molecular weight is 336 g/mol. The lowest BCUT2D eigenvalue weighted by Gasteiger charge is -2.19. The van der Waals surface area contributed by atoms with Crippen LogP contribution >= 0.6 is 0 Å². The summed E-state index contributed by atoms with van der Waals surface area (Å²) in [6, 6.07) is 15.2. The third kappa shape index (κ3) is 4.27. The van der Waals surface area contributed by atoms with Crippen molar-refractivity contribution >= 4 is 12.1 Å². The number of phenols is 1. The highest BCUT2D eigenvalue weighted by atomic mass is 16.3. The van der Waals surface area contributed by atoms with E-state index in [0.717, 1.165) is 12.0 Å². The van der Waals surface area contributed by atoms with Crippen molar-refractivity contribution in [3.8, 4) is 5.75 Å². The fraction of sp³-hybridized carbons (Fsp3) is 0.333. The van der Waals surface area contributed by atoms with Crippen LogP contribution in [0.2, 0.25) is 0 Å². The third-order valence-electron chi connectivity index (χ3n) is 4.61. The molecule has 2 atom stereocenters. The maximum atomic E-state index is 12.2. The Labute approximate surface area is 148 Å². The van der Waals surface area contributed by atoms with Crippen LogP contribution in [0.4, 0.5) is 0 Å². The van der Waals surface area contributed by atoms with Gasteiger partial charge in [0.2, 0.25) is 5.91 Å². The van der Waals surface area contributed by atoms with Crippen molar-refractivity contribution in [2.75, 3.05) is 0 Å². The number of hydrogen-bond donors (Lipinski definition) is 2. The smallest absolute Gasteiger partial charge is 0.243 e. The van der Waals surface area contributed by atoms with Gasteiger partial charge in [-0.2, -0.15) is 5.10 Å². The molecule has 0 unspecified atom stereocenters. The Bertz CT molecular complexity index is 771. The number of rotatable bonds is 4. The molecule has 25 heavy (non-hydrogen) atoms. The normalized spacial score (nSPS) is 19.8. The van der Waals surface area contributed by atoms with Crippen LogP contribution < -0.4 is 5.43 Å². The minimum absolute atomic E-state index is 0.00236. The quantitative estimate of drug-likeness (QED) is 0.656. The number of benzene rings is 2. The molecule has 0 bridgehead atoms. The lowest BCUT2D eigenvalue weighted by Crippen LogP contribution is -2.20. The molecule has 1 saturated carbocycles. The topological polar surface area (TPSA) is 61.7 Å². The van der Waals surface area contributed by atoms with Gasteiger partial charge < -0.3 is 5.11 Å². The van der Waals surface area contributed by atoms with Crippen molar-refractivity contribution < 1.29 is 9.90 Å². The zero-order chi connectivity index (χ0) is 18.0. The van der Waals surface area contributed by atoms with E-state index in [9.17, 15) is 9.90 Å². The standard InChI is InChI=1S/C21H24N2O2/c1-21(2,3)16-8-6-15(7-9-16)18-12-19(18)20(25)23-22-13-14-4-10-17(24)11-5-14/h4-11,13,18-19,24H,12H2,1-3H3,(H,23,25)/b22-13+/t18-,19+/m0/s1. The molecule has 1 amide bonds. The summed E-state index contributed by atoms with van der Waals surface area (Å²) in [5.74, 6) is 0.453. The van der Waals surface area contributed by atoms with E-state index >= 15 is 0 Å². The second-order valence-electron chi connectivity index (χ2n) is 7.65. The SMILES string of the molecule is CC(C)(C)c1ccc([C@@H]2C[C@H]2C(=O)N/N=C/c2ccc(O)cc2)cc1. The van der Waals surface area contributed by atoms with Gasteiger partial charge in [-0.05, 0) is 58.7 Å². The van der Waals surface area contributed by atoms with Crippen molar-refractivity contribution in [3.05, 3.63) is 65.2 Å². The van der Waals surface area contributed by atoms with Crippen LogP contribution in [-0.4, -0.2) is 17.2 Å². The monoisotopic (exact) mass is 336 g/mol. The minimum atomic E-state index is -0.0417. The first-order chi connectivity index (χ1) is 11.8.